The molecule has 5 rings (SSSR count). The summed E-state index contributed by atoms with van der Waals surface area (Å²) < 4.78 is 11.8. The number of anilines is 2. The minimum Gasteiger partial charge on any atom is -0.489 e. The Labute approximate surface area is 180 Å². The van der Waals surface area contributed by atoms with Gasteiger partial charge in [0.1, 0.15) is 23.8 Å². The van der Waals surface area contributed by atoms with Crippen molar-refractivity contribution < 1.29 is 13.9 Å². The van der Waals surface area contributed by atoms with Crippen molar-refractivity contribution in [2.24, 2.45) is 0 Å². The zero-order valence-electron chi connectivity index (χ0n) is 17.1. The van der Waals surface area contributed by atoms with E-state index in [4.69, 9.17) is 9.15 Å². The van der Waals surface area contributed by atoms with E-state index in [1.54, 1.807) is 6.20 Å². The van der Waals surface area contributed by atoms with E-state index < -0.39 is 0 Å². The minimum absolute atomic E-state index is 0.232. The maximum Gasteiger partial charge on any atom is 0.291 e. The number of nitrogens with zero attached hydrogens (tertiary/aromatic N) is 2. The van der Waals surface area contributed by atoms with Gasteiger partial charge in [0, 0.05) is 24.0 Å². The van der Waals surface area contributed by atoms with Crippen LogP contribution in [-0.4, -0.2) is 24.0 Å². The first-order valence-corrected chi connectivity index (χ1v) is 10.5. The van der Waals surface area contributed by atoms with Gasteiger partial charge in [0.05, 0.1) is 11.9 Å². The third-order valence-electron chi connectivity index (χ3n) is 5.47. The molecular weight excluding hydrogens is 390 g/mol. The number of amides is 1. The first kappa shape index (κ1) is 19.2. The van der Waals surface area contributed by atoms with Crippen molar-refractivity contribution >= 4 is 28.4 Å². The quantitative estimate of drug-likeness (QED) is 0.467. The standard InChI is InChI=1S/C25H23N3O3/c29-25(27-18-12-13-23(26-16-18)28-14-6-7-15-28)24-21(17-30-19-8-2-1-3-9-19)20-10-4-5-11-22(20)31-24/h1-5,8-13,16H,6-7,14-15,17H2,(H,27,29). The molecule has 0 bridgehead atoms. The van der Waals surface area contributed by atoms with E-state index in [9.17, 15) is 4.79 Å². The molecule has 1 fully saturated rings. The highest BCUT2D eigenvalue weighted by atomic mass is 16.5. The molecule has 0 unspecified atom stereocenters. The summed E-state index contributed by atoms with van der Waals surface area (Å²) in [6, 6.07) is 20.9. The minimum atomic E-state index is -0.321. The number of pyridine rings is 1. The third-order valence-corrected chi connectivity index (χ3v) is 5.47. The lowest BCUT2D eigenvalue weighted by molar-refractivity contribution is 0.0995. The number of furan rings is 1. The number of benzene rings is 2. The Morgan fingerprint density at radius 2 is 1.77 bits per heavy atom. The van der Waals surface area contributed by atoms with E-state index >= 15 is 0 Å². The van der Waals surface area contributed by atoms with Crippen molar-refractivity contribution in [1.29, 1.82) is 0 Å². The monoisotopic (exact) mass is 413 g/mol. The molecule has 1 saturated heterocycles. The second-order valence-corrected chi connectivity index (χ2v) is 7.56. The predicted molar refractivity (Wildman–Crippen MR) is 121 cm³/mol. The number of carbonyl (C=O) groups is 1. The molecule has 156 valence electrons. The van der Waals surface area contributed by atoms with E-state index in [2.05, 4.69) is 15.2 Å². The normalized spacial score (nSPS) is 13.5. The highest BCUT2D eigenvalue weighted by molar-refractivity contribution is 6.06. The lowest BCUT2D eigenvalue weighted by Gasteiger charge is -2.16. The van der Waals surface area contributed by atoms with Gasteiger partial charge in [0.15, 0.2) is 5.76 Å². The van der Waals surface area contributed by atoms with Crippen LogP contribution in [0.3, 0.4) is 0 Å². The highest BCUT2D eigenvalue weighted by Crippen LogP contribution is 2.28. The van der Waals surface area contributed by atoms with Gasteiger partial charge >= 0.3 is 0 Å². The number of hydrogen-bond donors (Lipinski definition) is 1. The molecule has 1 aliphatic rings. The van der Waals surface area contributed by atoms with Gasteiger partial charge in [-0.1, -0.05) is 36.4 Å². The molecule has 2 aromatic heterocycles. The number of ether oxygens (including phenoxy) is 1. The highest BCUT2D eigenvalue weighted by Gasteiger charge is 2.21. The van der Waals surface area contributed by atoms with E-state index in [0.717, 1.165) is 35.6 Å². The fourth-order valence-corrected chi connectivity index (χ4v) is 3.88. The van der Waals surface area contributed by atoms with Gasteiger partial charge < -0.3 is 19.4 Å². The van der Waals surface area contributed by atoms with Crippen LogP contribution in [0.25, 0.3) is 11.0 Å². The Morgan fingerprint density at radius 1 is 1.00 bits per heavy atom. The number of hydrogen-bond acceptors (Lipinski definition) is 5. The molecule has 0 atom stereocenters. The van der Waals surface area contributed by atoms with Gasteiger partial charge in [0.2, 0.25) is 0 Å². The van der Waals surface area contributed by atoms with Crippen molar-refractivity contribution in [3.8, 4) is 5.75 Å². The topological polar surface area (TPSA) is 67.6 Å². The summed E-state index contributed by atoms with van der Waals surface area (Å²) in [4.78, 5) is 19.8. The zero-order valence-corrected chi connectivity index (χ0v) is 17.1. The summed E-state index contributed by atoms with van der Waals surface area (Å²) in [5.74, 6) is 1.61. The SMILES string of the molecule is O=C(Nc1ccc(N2CCCC2)nc1)c1oc2ccccc2c1COc1ccccc1. The lowest BCUT2D eigenvalue weighted by Crippen LogP contribution is -2.19. The van der Waals surface area contributed by atoms with Gasteiger partial charge in [-0.25, -0.2) is 4.98 Å². The van der Waals surface area contributed by atoms with Gasteiger partial charge in [0.25, 0.3) is 5.91 Å². The van der Waals surface area contributed by atoms with Crippen molar-refractivity contribution in [2.45, 2.75) is 19.4 Å². The van der Waals surface area contributed by atoms with E-state index in [1.165, 1.54) is 12.8 Å². The van der Waals surface area contributed by atoms with Gasteiger partial charge in [-0.05, 0) is 43.2 Å². The average molecular weight is 413 g/mol. The van der Waals surface area contributed by atoms with Crippen LogP contribution in [0.1, 0.15) is 29.0 Å². The van der Waals surface area contributed by atoms with Crippen LogP contribution >= 0.6 is 0 Å². The van der Waals surface area contributed by atoms with Crippen molar-refractivity contribution in [3.63, 3.8) is 0 Å². The van der Waals surface area contributed by atoms with Crippen LogP contribution in [0.4, 0.5) is 11.5 Å². The molecule has 3 heterocycles. The maximum atomic E-state index is 13.1. The molecule has 2 aromatic carbocycles. The summed E-state index contributed by atoms with van der Waals surface area (Å²) in [6.07, 6.45) is 4.08. The Balaban J connectivity index is 1.37. The first-order valence-electron chi connectivity index (χ1n) is 10.5. The molecule has 6 nitrogen and oxygen atoms in total. The lowest BCUT2D eigenvalue weighted by atomic mass is 10.1. The summed E-state index contributed by atoms with van der Waals surface area (Å²) in [5.41, 5.74) is 2.00. The number of nitrogens with one attached hydrogen (secondary N) is 1. The van der Waals surface area contributed by atoms with Crippen molar-refractivity contribution in [2.75, 3.05) is 23.3 Å². The molecule has 0 saturated carbocycles. The third kappa shape index (κ3) is 4.10. The number of carbonyl (C=O) groups excluding carboxylic acids is 1. The van der Waals surface area contributed by atoms with Crippen LogP contribution in [-0.2, 0) is 6.61 Å². The Hall–Kier alpha value is -3.80. The molecule has 0 aliphatic carbocycles. The maximum absolute atomic E-state index is 13.1. The second kappa shape index (κ2) is 8.52. The van der Waals surface area contributed by atoms with Crippen LogP contribution in [0.2, 0.25) is 0 Å². The fourth-order valence-electron chi connectivity index (χ4n) is 3.88. The Kier molecular flexibility index (Phi) is 5.27. The predicted octanol–water partition coefficient (Wildman–Crippen LogP) is 5.26. The van der Waals surface area contributed by atoms with Gasteiger partial charge in [-0.15, -0.1) is 0 Å². The van der Waals surface area contributed by atoms with Crippen molar-refractivity contribution in [1.82, 2.24) is 4.98 Å². The van der Waals surface area contributed by atoms with Crippen LogP contribution in [0.5, 0.6) is 5.75 Å². The second-order valence-electron chi connectivity index (χ2n) is 7.56. The number of aromatic nitrogens is 1. The molecular formula is C25H23N3O3. The van der Waals surface area contributed by atoms with Crippen LogP contribution in [0, 0.1) is 0 Å². The van der Waals surface area contributed by atoms with Gasteiger partial charge in [-0.3, -0.25) is 4.79 Å². The summed E-state index contributed by atoms with van der Waals surface area (Å²) in [7, 11) is 0. The molecule has 6 heteroatoms. The number of rotatable bonds is 6. The zero-order chi connectivity index (χ0) is 21.0. The average Bonchev–Trinajstić information content (AvgIpc) is 3.47. The van der Waals surface area contributed by atoms with E-state index in [1.807, 2.05) is 66.7 Å². The fraction of sp³-hybridized carbons (Fsp3) is 0.200. The van der Waals surface area contributed by atoms with E-state index in [-0.39, 0.29) is 18.3 Å². The molecule has 1 aliphatic heterocycles. The summed E-state index contributed by atoms with van der Waals surface area (Å²) >= 11 is 0. The molecule has 1 amide bonds. The van der Waals surface area contributed by atoms with E-state index in [0.29, 0.717) is 11.3 Å². The van der Waals surface area contributed by atoms with Gasteiger partial charge in [-0.2, -0.15) is 0 Å². The molecule has 0 radical (unpaired) electrons. The smallest absolute Gasteiger partial charge is 0.291 e. The summed E-state index contributed by atoms with van der Waals surface area (Å²) in [6.45, 7) is 2.29. The molecule has 31 heavy (non-hydrogen) atoms. The molecule has 1 N–H and O–H groups in total. The number of fused-ring (bicyclic) bond motifs is 1. The summed E-state index contributed by atoms with van der Waals surface area (Å²) in [5, 5.41) is 3.77. The van der Waals surface area contributed by atoms with Crippen LogP contribution < -0.4 is 15.0 Å². The Morgan fingerprint density at radius 3 is 2.55 bits per heavy atom. The number of para-hydroxylation sites is 2. The van der Waals surface area contributed by atoms with Crippen LogP contribution in [0.15, 0.2) is 77.3 Å². The molecule has 0 spiro atoms. The largest absolute Gasteiger partial charge is 0.489 e. The first-order chi connectivity index (χ1) is 15.3. The molecule has 4 aromatic rings. The van der Waals surface area contributed by atoms with Crippen molar-refractivity contribution in [3.05, 3.63) is 84.3 Å². The Bertz CT molecular complexity index is 1180.